The van der Waals surface area contributed by atoms with Crippen molar-refractivity contribution in [2.75, 3.05) is 55.0 Å². The lowest BCUT2D eigenvalue weighted by atomic mass is 10.2. The fourth-order valence-electron chi connectivity index (χ4n) is 2.72. The van der Waals surface area contributed by atoms with Crippen LogP contribution in [-0.4, -0.2) is 55.2 Å². The topological polar surface area (TPSA) is 48.4 Å². The van der Waals surface area contributed by atoms with E-state index in [2.05, 4.69) is 19.9 Å². The van der Waals surface area contributed by atoms with E-state index in [9.17, 15) is 13.2 Å². The van der Waals surface area contributed by atoms with Crippen molar-refractivity contribution in [2.24, 2.45) is 0 Å². The van der Waals surface area contributed by atoms with Crippen LogP contribution >= 0.6 is 11.6 Å². The molecule has 1 saturated heterocycles. The van der Waals surface area contributed by atoms with E-state index in [1.54, 1.807) is 0 Å². The Kier molecular flexibility index (Phi) is 5.08. The monoisotopic (exact) mass is 386 g/mol. The molecule has 0 amide bonds. The zero-order valence-corrected chi connectivity index (χ0v) is 15.1. The van der Waals surface area contributed by atoms with Gasteiger partial charge in [-0.2, -0.15) is 13.2 Å². The second kappa shape index (κ2) is 7.14. The number of hydrogen-bond donors (Lipinski definition) is 0. The Morgan fingerprint density at radius 3 is 2.23 bits per heavy atom. The van der Waals surface area contributed by atoms with Crippen LogP contribution in [0.3, 0.4) is 0 Å². The highest BCUT2D eigenvalue weighted by Gasteiger charge is 2.32. The van der Waals surface area contributed by atoms with E-state index in [-0.39, 0.29) is 5.02 Å². The van der Waals surface area contributed by atoms with Gasteiger partial charge in [0, 0.05) is 52.5 Å². The van der Waals surface area contributed by atoms with Gasteiger partial charge in [-0.25, -0.2) is 15.0 Å². The molecule has 1 fully saturated rings. The van der Waals surface area contributed by atoms with Gasteiger partial charge in [-0.1, -0.05) is 11.6 Å². The minimum absolute atomic E-state index is 0.00482. The van der Waals surface area contributed by atoms with E-state index in [0.29, 0.717) is 32.0 Å². The maximum Gasteiger partial charge on any atom is 0.417 e. The first-order valence-corrected chi connectivity index (χ1v) is 8.35. The average Bonchev–Trinajstić information content (AvgIpc) is 2.61. The van der Waals surface area contributed by atoms with Gasteiger partial charge in [-0.05, 0) is 6.07 Å². The van der Waals surface area contributed by atoms with Gasteiger partial charge in [0.15, 0.2) is 0 Å². The van der Waals surface area contributed by atoms with Crippen LogP contribution in [0.1, 0.15) is 5.56 Å². The van der Waals surface area contributed by atoms with E-state index in [1.807, 2.05) is 30.0 Å². The normalized spacial score (nSPS) is 15.3. The summed E-state index contributed by atoms with van der Waals surface area (Å²) in [6.45, 7) is 2.48. The third-order valence-corrected chi connectivity index (χ3v) is 4.43. The number of hydrogen-bond acceptors (Lipinski definition) is 6. The molecule has 0 unspecified atom stereocenters. The molecule has 1 aliphatic rings. The molecule has 0 saturated carbocycles. The second-order valence-electron chi connectivity index (χ2n) is 6.13. The molecule has 2 aromatic heterocycles. The molecule has 3 heterocycles. The fourth-order valence-corrected chi connectivity index (χ4v) is 3.01. The number of aromatic nitrogens is 3. The van der Waals surface area contributed by atoms with Gasteiger partial charge in [0.25, 0.3) is 0 Å². The Morgan fingerprint density at radius 1 is 1.00 bits per heavy atom. The van der Waals surface area contributed by atoms with Crippen molar-refractivity contribution in [1.29, 1.82) is 0 Å². The maximum atomic E-state index is 12.7. The van der Waals surface area contributed by atoms with Crippen molar-refractivity contribution in [3.8, 4) is 0 Å². The molecule has 0 spiro atoms. The summed E-state index contributed by atoms with van der Waals surface area (Å²) in [5.41, 5.74) is -0.845. The molecule has 0 atom stereocenters. The Morgan fingerprint density at radius 2 is 1.65 bits per heavy atom. The first-order chi connectivity index (χ1) is 12.3. The average molecular weight is 387 g/mol. The van der Waals surface area contributed by atoms with E-state index < -0.39 is 11.7 Å². The standard InChI is InChI=1S/C16H18ClF3N6/c1-24(2)13-8-14(23-10-22-13)25-3-5-26(6-4-25)15-12(17)7-11(9-21-15)16(18,19)20/h7-10H,3-6H2,1-2H3. The third-order valence-electron chi connectivity index (χ3n) is 4.15. The molecule has 0 aliphatic carbocycles. The highest BCUT2D eigenvalue weighted by molar-refractivity contribution is 6.33. The molecule has 6 nitrogen and oxygen atoms in total. The van der Waals surface area contributed by atoms with Crippen molar-refractivity contribution < 1.29 is 13.2 Å². The van der Waals surface area contributed by atoms with Gasteiger partial charge in [-0.3, -0.25) is 0 Å². The molecular weight excluding hydrogens is 369 g/mol. The van der Waals surface area contributed by atoms with Crippen LogP contribution in [0, 0.1) is 0 Å². The Bertz CT molecular complexity index is 775. The summed E-state index contributed by atoms with van der Waals surface area (Å²) in [7, 11) is 3.81. The first-order valence-electron chi connectivity index (χ1n) is 7.97. The smallest absolute Gasteiger partial charge is 0.363 e. The zero-order chi connectivity index (χ0) is 18.9. The largest absolute Gasteiger partial charge is 0.417 e. The lowest BCUT2D eigenvalue weighted by Crippen LogP contribution is -2.47. The molecule has 0 aromatic carbocycles. The van der Waals surface area contributed by atoms with E-state index in [1.165, 1.54) is 6.33 Å². The van der Waals surface area contributed by atoms with Crippen LogP contribution in [0.15, 0.2) is 24.7 Å². The molecule has 0 bridgehead atoms. The van der Waals surface area contributed by atoms with Crippen LogP contribution in [0.4, 0.5) is 30.6 Å². The predicted octanol–water partition coefficient (Wildman–Crippen LogP) is 2.94. The molecule has 140 valence electrons. The molecule has 0 radical (unpaired) electrons. The number of anilines is 3. The summed E-state index contributed by atoms with van der Waals surface area (Å²) in [6, 6.07) is 2.82. The number of halogens is 4. The lowest BCUT2D eigenvalue weighted by Gasteiger charge is -2.36. The SMILES string of the molecule is CN(C)c1cc(N2CCN(c3ncc(C(F)(F)F)cc3Cl)CC2)ncn1. The predicted molar refractivity (Wildman–Crippen MR) is 95.0 cm³/mol. The molecular formula is C16H18ClF3N6. The van der Waals surface area contributed by atoms with Gasteiger partial charge >= 0.3 is 6.18 Å². The molecule has 26 heavy (non-hydrogen) atoms. The van der Waals surface area contributed by atoms with Crippen molar-refractivity contribution in [3.05, 3.63) is 35.2 Å². The Labute approximate surface area is 154 Å². The molecule has 2 aromatic rings. The van der Waals surface area contributed by atoms with Crippen molar-refractivity contribution in [1.82, 2.24) is 15.0 Å². The quantitative estimate of drug-likeness (QED) is 0.808. The highest BCUT2D eigenvalue weighted by Crippen LogP contribution is 2.33. The van der Waals surface area contributed by atoms with Crippen molar-refractivity contribution in [2.45, 2.75) is 6.18 Å². The number of alkyl halides is 3. The van der Waals surface area contributed by atoms with Crippen LogP contribution < -0.4 is 14.7 Å². The van der Waals surface area contributed by atoms with Crippen LogP contribution in [0.5, 0.6) is 0 Å². The van der Waals surface area contributed by atoms with Crippen LogP contribution in [-0.2, 0) is 6.18 Å². The molecule has 0 N–H and O–H groups in total. The number of nitrogens with zero attached hydrogens (tertiary/aromatic N) is 6. The van der Waals surface area contributed by atoms with Gasteiger partial charge < -0.3 is 14.7 Å². The van der Waals surface area contributed by atoms with Gasteiger partial charge in [-0.15, -0.1) is 0 Å². The van der Waals surface area contributed by atoms with Gasteiger partial charge in [0.2, 0.25) is 0 Å². The third kappa shape index (κ3) is 3.92. The molecule has 10 heteroatoms. The van der Waals surface area contributed by atoms with Crippen molar-refractivity contribution >= 4 is 29.1 Å². The summed E-state index contributed by atoms with van der Waals surface area (Å²) < 4.78 is 38.2. The number of pyridine rings is 1. The minimum Gasteiger partial charge on any atom is -0.363 e. The second-order valence-corrected chi connectivity index (χ2v) is 6.54. The fraction of sp³-hybridized carbons (Fsp3) is 0.438. The highest BCUT2D eigenvalue weighted by atomic mass is 35.5. The number of piperazine rings is 1. The summed E-state index contributed by atoms with van der Waals surface area (Å²) in [5.74, 6) is 2.00. The van der Waals surface area contributed by atoms with E-state index in [0.717, 1.165) is 23.9 Å². The van der Waals surface area contributed by atoms with Crippen molar-refractivity contribution in [3.63, 3.8) is 0 Å². The Balaban J connectivity index is 1.70. The summed E-state index contributed by atoms with van der Waals surface area (Å²) in [6.07, 6.45) is -2.11. The van der Waals surface area contributed by atoms with Crippen LogP contribution in [0.25, 0.3) is 0 Å². The molecule has 3 rings (SSSR count). The van der Waals surface area contributed by atoms with E-state index in [4.69, 9.17) is 11.6 Å². The maximum absolute atomic E-state index is 12.7. The van der Waals surface area contributed by atoms with Crippen LogP contribution in [0.2, 0.25) is 5.02 Å². The van der Waals surface area contributed by atoms with Gasteiger partial charge in [0.1, 0.15) is 23.8 Å². The zero-order valence-electron chi connectivity index (χ0n) is 14.3. The molecule has 1 aliphatic heterocycles. The Hall–Kier alpha value is -2.29. The van der Waals surface area contributed by atoms with E-state index >= 15 is 0 Å². The number of rotatable bonds is 3. The summed E-state index contributed by atoms with van der Waals surface area (Å²) in [5, 5.41) is 0.00482. The summed E-state index contributed by atoms with van der Waals surface area (Å²) >= 11 is 6.03. The lowest BCUT2D eigenvalue weighted by molar-refractivity contribution is -0.137. The summed E-state index contributed by atoms with van der Waals surface area (Å²) in [4.78, 5) is 18.3. The van der Waals surface area contributed by atoms with Gasteiger partial charge in [0.05, 0.1) is 10.6 Å². The minimum atomic E-state index is -4.45. The first kappa shape index (κ1) is 18.5.